The molecule has 1 aliphatic heterocycles. The fourth-order valence-electron chi connectivity index (χ4n) is 8.34. The van der Waals surface area contributed by atoms with E-state index < -0.39 is 88.6 Å². The van der Waals surface area contributed by atoms with Gasteiger partial charge in [0.1, 0.15) is 41.2 Å². The van der Waals surface area contributed by atoms with Gasteiger partial charge in [-0.05, 0) is 63.1 Å². The molecule has 1 fully saturated rings. The van der Waals surface area contributed by atoms with Crippen molar-refractivity contribution in [2.75, 3.05) is 18.8 Å². The summed E-state index contributed by atoms with van der Waals surface area (Å²) in [5.41, 5.74) is 12.7. The highest BCUT2D eigenvalue weighted by Gasteiger charge is 2.36. The van der Waals surface area contributed by atoms with Gasteiger partial charge in [0.15, 0.2) is 5.96 Å². The topological polar surface area (TPSA) is 368 Å². The van der Waals surface area contributed by atoms with Crippen LogP contribution >= 0.6 is 11.8 Å². The molecule has 23 nitrogen and oxygen atoms in total. The van der Waals surface area contributed by atoms with Crippen LogP contribution in [0.4, 0.5) is 0 Å². The summed E-state index contributed by atoms with van der Waals surface area (Å²) in [5, 5.41) is 30.2. The number of nitrogens with zero attached hydrogens (tertiary/aromatic N) is 2. The number of carbonyl (C=O) groups excluding carboxylic acids is 6. The minimum absolute atomic E-state index is 0.0156. The van der Waals surface area contributed by atoms with Gasteiger partial charge in [0.05, 0.1) is 12.4 Å². The SMILES string of the molecule is CCCC[C@H](NC(C)(C)ON)C(=O)N[C@H]1CSC(C(=O)O)CCCCNC(=O)[C@H](Cc2c[nH]c3ccccc23)NC(=O)[C@H](CCCN=C(N)N)NC(=O)[C@@H](Cc2ccccc2)NC(=O)[C@H](Cc2cnc[nH]2)NC1=O. The number of aromatic amines is 2. The molecule has 0 bridgehead atoms. The zero-order chi connectivity index (χ0) is 53.6. The van der Waals surface area contributed by atoms with E-state index in [0.29, 0.717) is 36.9 Å². The van der Waals surface area contributed by atoms with Crippen molar-refractivity contribution in [1.82, 2.24) is 52.2 Å². The van der Waals surface area contributed by atoms with Crippen LogP contribution in [0.25, 0.3) is 10.9 Å². The van der Waals surface area contributed by atoms with Crippen LogP contribution in [0, 0.1) is 0 Å². The Labute approximate surface area is 434 Å². The van der Waals surface area contributed by atoms with E-state index >= 15 is 0 Å². The average molecular weight is 1050 g/mol. The molecule has 402 valence electrons. The number of guanidine groups is 1. The first-order valence-corrected chi connectivity index (χ1v) is 25.9. The number of fused-ring (bicyclic) bond motifs is 1. The van der Waals surface area contributed by atoms with Gasteiger partial charge in [0.25, 0.3) is 0 Å². The van der Waals surface area contributed by atoms with Crippen molar-refractivity contribution in [3.8, 4) is 0 Å². The van der Waals surface area contributed by atoms with Gasteiger partial charge in [0.2, 0.25) is 35.4 Å². The third-order valence-corrected chi connectivity index (χ3v) is 13.7. The lowest BCUT2D eigenvalue weighted by molar-refractivity contribution is -0.136. The molecule has 2 aromatic carbocycles. The van der Waals surface area contributed by atoms with Crippen LogP contribution < -0.4 is 54.6 Å². The fourth-order valence-corrected chi connectivity index (χ4v) is 9.48. The number of unbranched alkanes of at least 4 members (excludes halogenated alkanes) is 1. The largest absolute Gasteiger partial charge is 0.480 e. The maximum Gasteiger partial charge on any atom is 0.316 e. The molecule has 0 saturated carbocycles. The van der Waals surface area contributed by atoms with Crippen LogP contribution in [-0.4, -0.2) is 133 Å². The standard InChI is InChI=1S/C50H72N14O9S/c1-4-5-17-36(64-50(2,3)73-53)44(67)63-40-28-74-41(48(71)72)20-11-12-21-55-42(65)38(24-31-26-57-34-18-10-9-16-33(31)34)61-43(66)35(19-13-22-56-49(51)52)59-45(68)37(23-30-14-7-6-8-15-30)60-46(69)39(62-47(40)70)25-32-27-54-29-58-32/h6-10,14-16,18,26-27,29,35-41,57,64H,4-5,11-13,17,19-25,28,53H2,1-3H3,(H,54,58)(H,55,65)(H,59,68)(H,60,69)(H,61,66)(H,62,70)(H,63,67)(H,71,72)(H4,51,52,56)/t35-,36-,37+,38-,39-,40-,41?/m0/s1. The summed E-state index contributed by atoms with van der Waals surface area (Å²) in [6.45, 7) is 5.45. The van der Waals surface area contributed by atoms with Crippen molar-refractivity contribution in [2.45, 2.75) is 139 Å². The van der Waals surface area contributed by atoms with Gasteiger partial charge >= 0.3 is 5.97 Å². The Bertz CT molecular complexity index is 2500. The molecule has 7 atom stereocenters. The van der Waals surface area contributed by atoms with E-state index in [-0.39, 0.29) is 63.3 Å². The monoisotopic (exact) mass is 1040 g/mol. The molecule has 1 unspecified atom stereocenters. The van der Waals surface area contributed by atoms with Gasteiger partial charge in [-0.25, -0.2) is 10.9 Å². The maximum absolute atomic E-state index is 14.7. The minimum Gasteiger partial charge on any atom is -0.480 e. The highest BCUT2D eigenvalue weighted by atomic mass is 32.2. The van der Waals surface area contributed by atoms with Gasteiger partial charge < -0.3 is 58.4 Å². The number of nitrogens with one attached hydrogen (secondary N) is 9. The molecule has 1 aliphatic rings. The molecule has 5 rings (SSSR count). The number of hydrogen-bond acceptors (Lipinski definition) is 13. The molecule has 0 spiro atoms. The number of carboxylic acid groups (broad SMARTS) is 1. The van der Waals surface area contributed by atoms with Crippen molar-refractivity contribution >= 4 is 70.0 Å². The van der Waals surface area contributed by atoms with Gasteiger partial charge in [-0.1, -0.05) is 74.7 Å². The summed E-state index contributed by atoms with van der Waals surface area (Å²) in [7, 11) is 0. The lowest BCUT2D eigenvalue weighted by Crippen LogP contribution is -2.61. The highest BCUT2D eigenvalue weighted by molar-refractivity contribution is 8.00. The molecule has 4 aromatic rings. The molecule has 0 radical (unpaired) electrons. The number of aliphatic carboxylic acids is 1. The predicted octanol–water partition coefficient (Wildman–Crippen LogP) is 0.658. The first-order chi connectivity index (χ1) is 35.5. The number of para-hydroxylation sites is 1. The summed E-state index contributed by atoms with van der Waals surface area (Å²) in [5.74, 6) is -0.195. The van der Waals surface area contributed by atoms with Crippen LogP contribution in [0.15, 0.2) is 78.3 Å². The van der Waals surface area contributed by atoms with Crippen molar-refractivity contribution in [2.24, 2.45) is 22.4 Å². The van der Waals surface area contributed by atoms with E-state index in [4.69, 9.17) is 22.2 Å². The number of rotatable bonds is 19. The number of nitrogens with two attached hydrogens (primary N) is 3. The van der Waals surface area contributed by atoms with E-state index in [1.807, 2.05) is 31.2 Å². The Kier molecular flexibility index (Phi) is 22.7. The van der Waals surface area contributed by atoms with E-state index in [9.17, 15) is 38.7 Å². The number of aliphatic imine (C=N–C) groups is 1. The zero-order valence-corrected chi connectivity index (χ0v) is 42.9. The number of carbonyl (C=O) groups is 7. The fraction of sp³-hybridized carbons (Fsp3) is 0.500. The Morgan fingerprint density at radius 1 is 0.851 bits per heavy atom. The normalized spacial score (nSPS) is 21.6. The second-order valence-electron chi connectivity index (χ2n) is 18.7. The summed E-state index contributed by atoms with van der Waals surface area (Å²) in [4.78, 5) is 119. The number of H-pyrrole nitrogens is 2. The molecular weight excluding hydrogens is 973 g/mol. The van der Waals surface area contributed by atoms with E-state index in [2.05, 4.69) is 57.2 Å². The van der Waals surface area contributed by atoms with Crippen LogP contribution in [0.2, 0.25) is 0 Å². The smallest absolute Gasteiger partial charge is 0.316 e. The molecular formula is C50H72N14O9S. The Balaban J connectivity index is 1.55. The second kappa shape index (κ2) is 29.0. The number of carboxylic acids is 1. The molecule has 0 aliphatic carbocycles. The lowest BCUT2D eigenvalue weighted by Gasteiger charge is -2.31. The summed E-state index contributed by atoms with van der Waals surface area (Å²) in [6, 6.07) is 8.92. The molecule has 24 heteroatoms. The van der Waals surface area contributed by atoms with Crippen LogP contribution in [0.3, 0.4) is 0 Å². The Morgan fingerprint density at radius 2 is 1.51 bits per heavy atom. The first kappa shape index (κ1) is 57.9. The summed E-state index contributed by atoms with van der Waals surface area (Å²) >= 11 is 0.940. The zero-order valence-electron chi connectivity index (χ0n) is 42.1. The second-order valence-corrected chi connectivity index (χ2v) is 19.9. The average Bonchev–Trinajstić information content (AvgIpc) is 4.05. The molecule has 16 N–H and O–H groups in total. The maximum atomic E-state index is 14.7. The number of hydrogen-bond donors (Lipinski definition) is 13. The predicted molar refractivity (Wildman–Crippen MR) is 281 cm³/mol. The van der Waals surface area contributed by atoms with Gasteiger partial charge in [-0.3, -0.25) is 48.7 Å². The first-order valence-electron chi connectivity index (χ1n) is 24.9. The molecule has 1 saturated heterocycles. The summed E-state index contributed by atoms with van der Waals surface area (Å²) in [6.07, 6.45) is 7.24. The van der Waals surface area contributed by atoms with Crippen LogP contribution in [0.1, 0.15) is 89.0 Å². The molecule has 2 aromatic heterocycles. The molecule has 6 amide bonds. The van der Waals surface area contributed by atoms with Crippen LogP contribution in [0.5, 0.6) is 0 Å². The highest BCUT2D eigenvalue weighted by Crippen LogP contribution is 2.22. The Hall–Kier alpha value is -7.02. The summed E-state index contributed by atoms with van der Waals surface area (Å²) < 4.78 is 0. The van der Waals surface area contributed by atoms with Gasteiger partial charge in [-0.15, -0.1) is 11.8 Å². The number of benzene rings is 2. The third-order valence-electron chi connectivity index (χ3n) is 12.4. The number of aromatic nitrogens is 3. The van der Waals surface area contributed by atoms with E-state index in [1.54, 1.807) is 50.4 Å². The third kappa shape index (κ3) is 18.5. The van der Waals surface area contributed by atoms with Crippen molar-refractivity contribution in [3.05, 3.63) is 90.1 Å². The van der Waals surface area contributed by atoms with Crippen LogP contribution in [-0.2, 0) is 57.7 Å². The van der Waals surface area contributed by atoms with Gasteiger partial charge in [-0.2, -0.15) is 0 Å². The number of amides is 6. The quantitative estimate of drug-likeness (QED) is 0.0202. The van der Waals surface area contributed by atoms with E-state index in [1.165, 1.54) is 12.5 Å². The van der Waals surface area contributed by atoms with Crippen molar-refractivity contribution < 1.29 is 43.5 Å². The molecule has 3 heterocycles. The molecule has 74 heavy (non-hydrogen) atoms. The van der Waals surface area contributed by atoms with Gasteiger partial charge in [0, 0.05) is 67.1 Å². The van der Waals surface area contributed by atoms with Crippen molar-refractivity contribution in [1.29, 1.82) is 0 Å². The van der Waals surface area contributed by atoms with Crippen molar-refractivity contribution in [3.63, 3.8) is 0 Å². The van der Waals surface area contributed by atoms with E-state index in [0.717, 1.165) is 34.6 Å². The number of thioether (sulfide) groups is 1. The minimum atomic E-state index is -1.40. The Morgan fingerprint density at radius 3 is 2.19 bits per heavy atom. The lowest BCUT2D eigenvalue weighted by atomic mass is 10.0. The number of imidazole rings is 1.